The molecule has 0 amide bonds. The fraction of sp³-hybridized carbons (Fsp3) is 0.667. The maximum absolute atomic E-state index is 15.6. The minimum Gasteiger partial charge on any atom is -0.435 e. The van der Waals surface area contributed by atoms with E-state index in [1.54, 1.807) is 6.58 Å². The van der Waals surface area contributed by atoms with Crippen molar-refractivity contribution in [2.45, 2.75) is 70.7 Å². The van der Waals surface area contributed by atoms with Crippen molar-refractivity contribution in [1.29, 1.82) is 0 Å². The van der Waals surface area contributed by atoms with Crippen molar-refractivity contribution in [3.8, 4) is 0 Å². The second kappa shape index (κ2) is 7.53. The van der Waals surface area contributed by atoms with Gasteiger partial charge in [-0.1, -0.05) is 13.2 Å². The van der Waals surface area contributed by atoms with Gasteiger partial charge in [-0.3, -0.25) is 0 Å². The maximum Gasteiger partial charge on any atom is 0.422 e. The minimum atomic E-state index is -8.30. The molecule has 0 aromatic carbocycles. The summed E-state index contributed by atoms with van der Waals surface area (Å²) in [6, 6.07) is 0. The number of esters is 2. The van der Waals surface area contributed by atoms with Crippen LogP contribution in [0.4, 0.5) is 83.4 Å². The highest BCUT2D eigenvalue weighted by Gasteiger charge is 3.24. The summed E-state index contributed by atoms with van der Waals surface area (Å²) in [5.41, 5.74) is -38.5. The SMILES string of the molecule is C=C(C(=O)OC12C(F)(F)C3(F)C(F)(F)C(F)(C1(F)F)C(F)(F)C(OC(=O)C(=C)C(F)(F)F)(C3(F)F)C2(F)F)C(F)F. The van der Waals surface area contributed by atoms with Gasteiger partial charge in [-0.05, 0) is 0 Å². The van der Waals surface area contributed by atoms with E-state index in [2.05, 4.69) is 9.47 Å². The summed E-state index contributed by atoms with van der Waals surface area (Å²) >= 11 is 0. The van der Waals surface area contributed by atoms with Crippen molar-refractivity contribution in [3.63, 3.8) is 0 Å². The Morgan fingerprint density at radius 1 is 0.537 bits per heavy atom. The Bertz CT molecular complexity index is 1200. The predicted octanol–water partition coefficient (Wildman–Crippen LogP) is 5.76. The number of hydrogen-bond acceptors (Lipinski definition) is 4. The van der Waals surface area contributed by atoms with E-state index in [4.69, 9.17) is 0 Å². The third-order valence-corrected chi connectivity index (χ3v) is 6.85. The van der Waals surface area contributed by atoms with Crippen LogP contribution < -0.4 is 0 Å². The zero-order valence-corrected chi connectivity index (χ0v) is 18.3. The molecule has 0 N–H and O–H groups in total. The van der Waals surface area contributed by atoms with Gasteiger partial charge in [0.1, 0.15) is 5.57 Å². The van der Waals surface area contributed by atoms with E-state index in [1.165, 1.54) is 0 Å². The van der Waals surface area contributed by atoms with Crippen LogP contribution in [0.15, 0.2) is 24.3 Å². The Hall–Kier alpha value is -2.91. The summed E-state index contributed by atoms with van der Waals surface area (Å²) in [6.07, 6.45) is -11.0. The zero-order chi connectivity index (χ0) is 32.8. The topological polar surface area (TPSA) is 52.6 Å². The lowest BCUT2D eigenvalue weighted by Crippen LogP contribution is -3.11. The second-order valence-electron chi connectivity index (χ2n) is 8.71. The van der Waals surface area contributed by atoms with Gasteiger partial charge in [0.05, 0.1) is 5.57 Å². The summed E-state index contributed by atoms with van der Waals surface area (Å²) in [6.45, 7) is 3.57. The van der Waals surface area contributed by atoms with Crippen LogP contribution in [0.25, 0.3) is 0 Å². The largest absolute Gasteiger partial charge is 0.435 e. The Kier molecular flexibility index (Phi) is 5.99. The van der Waals surface area contributed by atoms with E-state index in [0.717, 1.165) is 0 Å². The zero-order valence-electron chi connectivity index (χ0n) is 18.3. The van der Waals surface area contributed by atoms with Crippen LogP contribution in [0.2, 0.25) is 0 Å². The number of alkyl halides is 19. The molecule has 41 heavy (non-hydrogen) atoms. The molecule has 0 saturated heterocycles. The van der Waals surface area contributed by atoms with Gasteiger partial charge >= 0.3 is 76.2 Å². The van der Waals surface area contributed by atoms with Crippen LogP contribution in [0, 0.1) is 0 Å². The van der Waals surface area contributed by atoms with Crippen LogP contribution >= 0.6 is 0 Å². The quantitative estimate of drug-likeness (QED) is 0.217. The highest BCUT2D eigenvalue weighted by Crippen LogP contribution is 2.88. The normalized spacial score (nSPS) is 38.3. The van der Waals surface area contributed by atoms with Gasteiger partial charge in [0.25, 0.3) is 6.43 Å². The van der Waals surface area contributed by atoms with Gasteiger partial charge in [-0.25, -0.2) is 27.2 Å². The molecule has 23 heteroatoms. The van der Waals surface area contributed by atoms with Crippen molar-refractivity contribution in [1.82, 2.24) is 0 Å². The minimum absolute atomic E-state index is 1.65. The van der Waals surface area contributed by atoms with Crippen LogP contribution in [0.3, 0.4) is 0 Å². The molecule has 4 saturated carbocycles. The van der Waals surface area contributed by atoms with Crippen molar-refractivity contribution in [3.05, 3.63) is 24.3 Å². The highest BCUT2D eigenvalue weighted by molar-refractivity contribution is 5.91. The molecule has 0 aliphatic heterocycles. The van der Waals surface area contributed by atoms with E-state index >= 15 is 52.7 Å². The third kappa shape index (κ3) is 2.58. The molecule has 4 nitrogen and oxygen atoms in total. The van der Waals surface area contributed by atoms with Crippen LogP contribution in [0.5, 0.6) is 0 Å². The van der Waals surface area contributed by atoms with Gasteiger partial charge in [0, 0.05) is 0 Å². The Morgan fingerprint density at radius 2 is 0.829 bits per heavy atom. The lowest BCUT2D eigenvalue weighted by Gasteiger charge is -2.75. The van der Waals surface area contributed by atoms with Gasteiger partial charge < -0.3 is 9.47 Å². The summed E-state index contributed by atoms with van der Waals surface area (Å²) in [5.74, 6) is -57.6. The molecule has 0 spiro atoms. The maximum atomic E-state index is 15.6. The molecule has 4 bridgehead atoms. The number of carbonyl (C=O) groups is 2. The van der Waals surface area contributed by atoms with E-state index in [-0.39, 0.29) is 0 Å². The van der Waals surface area contributed by atoms with Crippen LogP contribution in [-0.4, -0.2) is 82.6 Å². The summed E-state index contributed by atoms with van der Waals surface area (Å²) in [7, 11) is 0. The fourth-order valence-corrected chi connectivity index (χ4v) is 4.82. The van der Waals surface area contributed by atoms with Crippen molar-refractivity contribution in [2.75, 3.05) is 0 Å². The Morgan fingerprint density at radius 3 is 1.10 bits per heavy atom. The number of rotatable bonds is 5. The van der Waals surface area contributed by atoms with E-state index in [1.807, 2.05) is 6.58 Å². The van der Waals surface area contributed by atoms with Gasteiger partial charge in [0.2, 0.25) is 0 Å². The molecule has 4 fully saturated rings. The molecule has 4 aliphatic rings. The molecule has 234 valence electrons. The second-order valence-corrected chi connectivity index (χ2v) is 8.71. The van der Waals surface area contributed by atoms with E-state index in [0.29, 0.717) is 0 Å². The molecule has 4 rings (SSSR count). The molecule has 4 aliphatic carbocycles. The number of ether oxygens (including phenoxy) is 2. The predicted molar refractivity (Wildman–Crippen MR) is 85.3 cm³/mol. The van der Waals surface area contributed by atoms with Crippen molar-refractivity contribution in [2.24, 2.45) is 0 Å². The molecule has 0 radical (unpaired) electrons. The third-order valence-electron chi connectivity index (χ3n) is 6.85. The molecule has 2 unspecified atom stereocenters. The first-order valence-corrected chi connectivity index (χ1v) is 9.62. The average Bonchev–Trinajstić information content (AvgIpc) is 2.78. The standard InChI is InChI=1S/C18H5F19O4/c1-3(5(19)20)6(38)40-11-14(28,29)9(24)13(26,27)10(25,15(11,30)31)17(34,35)12(16(9,32)33,18(11,36)37)41-7(39)4(2)8(21,22)23/h5H,1-2H2. The smallest absolute Gasteiger partial charge is 0.422 e. The van der Waals surface area contributed by atoms with Crippen molar-refractivity contribution < 1.29 is 102 Å². The fourth-order valence-electron chi connectivity index (χ4n) is 4.82. The molecular formula is C18H5F19O4. The molecular weight excluding hydrogens is 641 g/mol. The van der Waals surface area contributed by atoms with Crippen molar-refractivity contribution >= 4 is 11.9 Å². The monoisotopic (exact) mass is 646 g/mol. The molecule has 0 heterocycles. The van der Waals surface area contributed by atoms with Gasteiger partial charge in [-0.15, -0.1) is 0 Å². The number of carbonyl (C=O) groups excluding carboxylic acids is 2. The number of halogens is 19. The Labute approximate surface area is 210 Å². The summed E-state index contributed by atoms with van der Waals surface area (Å²) < 4.78 is 281. The van der Waals surface area contributed by atoms with Crippen LogP contribution in [-0.2, 0) is 19.1 Å². The summed E-state index contributed by atoms with van der Waals surface area (Å²) in [4.78, 5) is 23.4. The highest BCUT2D eigenvalue weighted by atomic mass is 19.4. The summed E-state index contributed by atoms with van der Waals surface area (Å²) in [5, 5.41) is 0. The van der Waals surface area contributed by atoms with Gasteiger partial charge in [0.15, 0.2) is 0 Å². The lowest BCUT2D eigenvalue weighted by atomic mass is 9.39. The lowest BCUT2D eigenvalue weighted by molar-refractivity contribution is -0.621. The molecule has 0 aromatic heterocycles. The van der Waals surface area contributed by atoms with Gasteiger partial charge in [-0.2, -0.15) is 65.9 Å². The van der Waals surface area contributed by atoms with Crippen LogP contribution in [0.1, 0.15) is 0 Å². The first kappa shape index (κ1) is 32.6. The average molecular weight is 646 g/mol. The first-order valence-electron chi connectivity index (χ1n) is 9.62. The Balaban J connectivity index is 2.65. The molecule has 0 aromatic rings. The first-order chi connectivity index (χ1) is 17.8. The van der Waals surface area contributed by atoms with E-state index in [9.17, 15) is 40.3 Å². The molecule has 2 atom stereocenters. The van der Waals surface area contributed by atoms with E-state index < -0.39 is 93.8 Å². The number of hydrogen-bond donors (Lipinski definition) is 0.